The van der Waals surface area contributed by atoms with Gasteiger partial charge in [0.15, 0.2) is 5.96 Å². The summed E-state index contributed by atoms with van der Waals surface area (Å²) in [5.74, 6) is 0.833. The third-order valence-corrected chi connectivity index (χ3v) is 2.85. The van der Waals surface area contributed by atoms with Gasteiger partial charge in [-0.1, -0.05) is 23.8 Å². The SMILES string of the molecule is CCNC(=NCc1ccc(C)cc1C)NCCOC. The zero-order chi connectivity index (χ0) is 14.1. The van der Waals surface area contributed by atoms with Crippen LogP contribution in [0, 0.1) is 13.8 Å². The summed E-state index contributed by atoms with van der Waals surface area (Å²) in [6, 6.07) is 6.46. The van der Waals surface area contributed by atoms with Gasteiger partial charge in [-0.3, -0.25) is 0 Å². The van der Waals surface area contributed by atoms with Gasteiger partial charge in [0.1, 0.15) is 0 Å². The number of hydrogen-bond donors (Lipinski definition) is 2. The molecule has 4 nitrogen and oxygen atoms in total. The van der Waals surface area contributed by atoms with Crippen molar-refractivity contribution in [2.45, 2.75) is 27.3 Å². The first kappa shape index (κ1) is 15.5. The van der Waals surface area contributed by atoms with Crippen LogP contribution in [-0.2, 0) is 11.3 Å². The summed E-state index contributed by atoms with van der Waals surface area (Å²) in [6.07, 6.45) is 0. The Morgan fingerprint density at radius 3 is 2.68 bits per heavy atom. The zero-order valence-electron chi connectivity index (χ0n) is 12.4. The van der Waals surface area contributed by atoms with Crippen molar-refractivity contribution in [2.24, 2.45) is 4.99 Å². The molecule has 0 aliphatic rings. The minimum absolute atomic E-state index is 0.675. The van der Waals surface area contributed by atoms with Crippen molar-refractivity contribution in [1.82, 2.24) is 10.6 Å². The van der Waals surface area contributed by atoms with Crippen molar-refractivity contribution < 1.29 is 4.74 Å². The van der Waals surface area contributed by atoms with Crippen molar-refractivity contribution in [1.29, 1.82) is 0 Å². The molecule has 1 aromatic carbocycles. The van der Waals surface area contributed by atoms with E-state index in [-0.39, 0.29) is 0 Å². The summed E-state index contributed by atoms with van der Waals surface area (Å²) in [6.45, 7) is 9.27. The highest BCUT2D eigenvalue weighted by Gasteiger charge is 2.00. The Labute approximate surface area is 116 Å². The van der Waals surface area contributed by atoms with Crippen molar-refractivity contribution in [3.8, 4) is 0 Å². The van der Waals surface area contributed by atoms with E-state index < -0.39 is 0 Å². The second-order valence-electron chi connectivity index (χ2n) is 4.54. The molecular formula is C15H25N3O. The molecule has 0 saturated carbocycles. The minimum Gasteiger partial charge on any atom is -0.383 e. The van der Waals surface area contributed by atoms with Gasteiger partial charge in [-0.2, -0.15) is 0 Å². The van der Waals surface area contributed by atoms with Gasteiger partial charge in [0.05, 0.1) is 13.2 Å². The molecule has 106 valence electrons. The van der Waals surface area contributed by atoms with Crippen LogP contribution in [0.25, 0.3) is 0 Å². The standard InChI is InChI=1S/C15H25N3O/c1-5-16-15(17-8-9-19-4)18-11-14-7-6-12(2)10-13(14)3/h6-7,10H,5,8-9,11H2,1-4H3,(H2,16,17,18). The summed E-state index contributed by atoms with van der Waals surface area (Å²) in [7, 11) is 1.70. The summed E-state index contributed by atoms with van der Waals surface area (Å²) in [5.41, 5.74) is 3.83. The van der Waals surface area contributed by atoms with Crippen LogP contribution in [0.2, 0.25) is 0 Å². The molecule has 0 spiro atoms. The summed E-state index contributed by atoms with van der Waals surface area (Å²) < 4.78 is 5.02. The number of ether oxygens (including phenoxy) is 1. The smallest absolute Gasteiger partial charge is 0.191 e. The number of guanidine groups is 1. The summed E-state index contributed by atoms with van der Waals surface area (Å²) in [4.78, 5) is 4.58. The number of nitrogens with zero attached hydrogens (tertiary/aromatic N) is 1. The minimum atomic E-state index is 0.675. The van der Waals surface area contributed by atoms with Gasteiger partial charge in [0.25, 0.3) is 0 Å². The zero-order valence-corrected chi connectivity index (χ0v) is 12.4. The van der Waals surface area contributed by atoms with Crippen LogP contribution in [0.4, 0.5) is 0 Å². The number of methoxy groups -OCH3 is 1. The highest BCUT2D eigenvalue weighted by atomic mass is 16.5. The molecule has 0 heterocycles. The second-order valence-corrected chi connectivity index (χ2v) is 4.54. The Balaban J connectivity index is 2.63. The molecule has 0 aliphatic heterocycles. The van der Waals surface area contributed by atoms with E-state index in [4.69, 9.17) is 4.74 Å². The van der Waals surface area contributed by atoms with Crippen LogP contribution in [0.5, 0.6) is 0 Å². The van der Waals surface area contributed by atoms with Gasteiger partial charge >= 0.3 is 0 Å². The third-order valence-electron chi connectivity index (χ3n) is 2.85. The number of nitrogens with one attached hydrogen (secondary N) is 2. The average Bonchev–Trinajstić information content (AvgIpc) is 2.37. The number of benzene rings is 1. The lowest BCUT2D eigenvalue weighted by Crippen LogP contribution is -2.38. The first-order valence-electron chi connectivity index (χ1n) is 6.74. The van der Waals surface area contributed by atoms with E-state index in [9.17, 15) is 0 Å². The number of aliphatic imine (C=N–C) groups is 1. The largest absolute Gasteiger partial charge is 0.383 e. The lowest BCUT2D eigenvalue weighted by molar-refractivity contribution is 0.203. The molecule has 4 heteroatoms. The van der Waals surface area contributed by atoms with E-state index in [0.717, 1.165) is 19.0 Å². The van der Waals surface area contributed by atoms with Crippen molar-refractivity contribution in [2.75, 3.05) is 26.8 Å². The molecule has 0 radical (unpaired) electrons. The first-order valence-corrected chi connectivity index (χ1v) is 6.74. The van der Waals surface area contributed by atoms with Crippen LogP contribution >= 0.6 is 0 Å². The topological polar surface area (TPSA) is 45.7 Å². The van der Waals surface area contributed by atoms with Crippen LogP contribution in [0.15, 0.2) is 23.2 Å². The van der Waals surface area contributed by atoms with Gasteiger partial charge in [-0.25, -0.2) is 4.99 Å². The first-order chi connectivity index (χ1) is 9.17. The maximum Gasteiger partial charge on any atom is 0.191 e. The van der Waals surface area contributed by atoms with Gasteiger partial charge in [-0.05, 0) is 31.9 Å². The van der Waals surface area contributed by atoms with E-state index in [1.165, 1.54) is 16.7 Å². The molecule has 0 fully saturated rings. The Bertz CT molecular complexity index is 416. The van der Waals surface area contributed by atoms with Crippen molar-refractivity contribution in [3.05, 3.63) is 34.9 Å². The Kier molecular flexibility index (Phi) is 6.97. The number of hydrogen-bond acceptors (Lipinski definition) is 2. The Hall–Kier alpha value is -1.55. The summed E-state index contributed by atoms with van der Waals surface area (Å²) in [5, 5.41) is 6.46. The van der Waals surface area contributed by atoms with E-state index in [2.05, 4.69) is 54.6 Å². The molecule has 1 aromatic rings. The quantitative estimate of drug-likeness (QED) is 0.469. The molecule has 0 aromatic heterocycles. The lowest BCUT2D eigenvalue weighted by Gasteiger charge is -2.11. The van der Waals surface area contributed by atoms with E-state index in [0.29, 0.717) is 13.2 Å². The highest BCUT2D eigenvalue weighted by molar-refractivity contribution is 5.79. The lowest BCUT2D eigenvalue weighted by atomic mass is 10.1. The molecule has 0 amide bonds. The monoisotopic (exact) mass is 263 g/mol. The van der Waals surface area contributed by atoms with Gasteiger partial charge in [-0.15, -0.1) is 0 Å². The third kappa shape index (κ3) is 5.75. The molecule has 2 N–H and O–H groups in total. The fraction of sp³-hybridized carbons (Fsp3) is 0.533. The average molecular weight is 263 g/mol. The molecule has 0 bridgehead atoms. The predicted molar refractivity (Wildman–Crippen MR) is 80.6 cm³/mol. The van der Waals surface area contributed by atoms with Crippen LogP contribution in [0.3, 0.4) is 0 Å². The molecule has 0 atom stereocenters. The van der Waals surface area contributed by atoms with Crippen LogP contribution in [-0.4, -0.2) is 32.8 Å². The highest BCUT2D eigenvalue weighted by Crippen LogP contribution is 2.11. The maximum atomic E-state index is 5.02. The molecule has 1 rings (SSSR count). The fourth-order valence-electron chi connectivity index (χ4n) is 1.80. The predicted octanol–water partition coefficient (Wildman–Crippen LogP) is 2.00. The van der Waals surface area contributed by atoms with E-state index in [1.807, 2.05) is 0 Å². The number of rotatable bonds is 6. The molecular weight excluding hydrogens is 238 g/mol. The summed E-state index contributed by atoms with van der Waals surface area (Å²) >= 11 is 0. The molecule has 19 heavy (non-hydrogen) atoms. The second kappa shape index (κ2) is 8.53. The molecule has 0 saturated heterocycles. The fourth-order valence-corrected chi connectivity index (χ4v) is 1.80. The van der Waals surface area contributed by atoms with Crippen molar-refractivity contribution >= 4 is 5.96 Å². The van der Waals surface area contributed by atoms with Gasteiger partial charge in [0.2, 0.25) is 0 Å². The maximum absolute atomic E-state index is 5.02. The van der Waals surface area contributed by atoms with Crippen LogP contribution < -0.4 is 10.6 Å². The Morgan fingerprint density at radius 2 is 2.05 bits per heavy atom. The normalized spacial score (nSPS) is 11.5. The van der Waals surface area contributed by atoms with Crippen molar-refractivity contribution in [3.63, 3.8) is 0 Å². The molecule has 0 unspecified atom stereocenters. The van der Waals surface area contributed by atoms with E-state index in [1.54, 1.807) is 7.11 Å². The van der Waals surface area contributed by atoms with E-state index >= 15 is 0 Å². The van der Waals surface area contributed by atoms with Gasteiger partial charge < -0.3 is 15.4 Å². The Morgan fingerprint density at radius 1 is 1.26 bits per heavy atom. The molecule has 0 aliphatic carbocycles. The number of aryl methyl sites for hydroxylation is 2. The van der Waals surface area contributed by atoms with Gasteiger partial charge in [0, 0.05) is 20.2 Å². The van der Waals surface area contributed by atoms with Crippen LogP contribution in [0.1, 0.15) is 23.6 Å².